The Morgan fingerprint density at radius 1 is 0.944 bits per heavy atom. The van der Waals surface area contributed by atoms with Crippen molar-refractivity contribution in [3.05, 3.63) is 59.2 Å². The van der Waals surface area contributed by atoms with Crippen LogP contribution in [0.25, 0.3) is 0 Å². The second-order valence-electron chi connectivity index (χ2n) is 4.33. The van der Waals surface area contributed by atoms with Gasteiger partial charge in [0.15, 0.2) is 0 Å². The quantitative estimate of drug-likeness (QED) is 0.809. The highest BCUT2D eigenvalue weighted by molar-refractivity contribution is 5.38. The van der Waals surface area contributed by atoms with Crippen molar-refractivity contribution in [2.45, 2.75) is 20.5 Å². The van der Waals surface area contributed by atoms with E-state index in [0.717, 1.165) is 17.1 Å². The average molecular weight is 242 g/mol. The van der Waals surface area contributed by atoms with E-state index in [1.54, 1.807) is 7.11 Å². The van der Waals surface area contributed by atoms with Crippen molar-refractivity contribution in [3.63, 3.8) is 0 Å². The second kappa shape index (κ2) is 5.58. The molecule has 2 aromatic carbocycles. The Bertz CT molecular complexity index is 515. The third-order valence-electron chi connectivity index (χ3n) is 3.11. The second-order valence-corrected chi connectivity index (χ2v) is 4.33. The number of hydrogen-bond donors (Lipinski definition) is 0. The summed E-state index contributed by atoms with van der Waals surface area (Å²) in [7, 11) is 1.67. The number of benzene rings is 2. The Kier molecular flexibility index (Phi) is 3.88. The average Bonchev–Trinajstić information content (AvgIpc) is 2.41. The summed E-state index contributed by atoms with van der Waals surface area (Å²) < 4.78 is 11.0. The summed E-state index contributed by atoms with van der Waals surface area (Å²) >= 11 is 0. The highest BCUT2D eigenvalue weighted by Gasteiger charge is 2.02. The van der Waals surface area contributed by atoms with Gasteiger partial charge in [0, 0.05) is 0 Å². The van der Waals surface area contributed by atoms with Gasteiger partial charge >= 0.3 is 0 Å². The van der Waals surface area contributed by atoms with Crippen LogP contribution in [-0.4, -0.2) is 7.11 Å². The van der Waals surface area contributed by atoms with E-state index in [2.05, 4.69) is 19.9 Å². The van der Waals surface area contributed by atoms with Crippen LogP contribution in [-0.2, 0) is 6.61 Å². The fourth-order valence-corrected chi connectivity index (χ4v) is 1.76. The van der Waals surface area contributed by atoms with Gasteiger partial charge in [-0.1, -0.05) is 24.3 Å². The van der Waals surface area contributed by atoms with Crippen LogP contribution in [0.4, 0.5) is 0 Å². The number of rotatable bonds is 4. The minimum absolute atomic E-state index is 0.578. The van der Waals surface area contributed by atoms with Gasteiger partial charge < -0.3 is 9.47 Å². The molecule has 0 amide bonds. The van der Waals surface area contributed by atoms with Crippen LogP contribution in [0.15, 0.2) is 42.5 Å². The Morgan fingerprint density at radius 3 is 2.33 bits per heavy atom. The first-order valence-electron chi connectivity index (χ1n) is 6.02. The zero-order chi connectivity index (χ0) is 13.0. The molecule has 0 aromatic heterocycles. The molecule has 0 unspecified atom stereocenters. The van der Waals surface area contributed by atoms with Gasteiger partial charge in [-0.2, -0.15) is 0 Å². The van der Waals surface area contributed by atoms with Crippen LogP contribution >= 0.6 is 0 Å². The molecule has 0 radical (unpaired) electrons. The van der Waals surface area contributed by atoms with Gasteiger partial charge in [-0.15, -0.1) is 0 Å². The van der Waals surface area contributed by atoms with Gasteiger partial charge in [0.2, 0.25) is 0 Å². The minimum Gasteiger partial charge on any atom is -0.497 e. The summed E-state index contributed by atoms with van der Waals surface area (Å²) in [4.78, 5) is 0. The highest BCUT2D eigenvalue weighted by Crippen LogP contribution is 2.22. The van der Waals surface area contributed by atoms with E-state index in [9.17, 15) is 0 Å². The zero-order valence-electron chi connectivity index (χ0n) is 11.1. The predicted molar refractivity (Wildman–Crippen MR) is 73.2 cm³/mol. The number of methoxy groups -OCH3 is 1. The van der Waals surface area contributed by atoms with E-state index in [1.165, 1.54) is 11.1 Å². The highest BCUT2D eigenvalue weighted by atomic mass is 16.5. The van der Waals surface area contributed by atoms with Crippen molar-refractivity contribution in [1.82, 2.24) is 0 Å². The molecular formula is C16H18O2. The van der Waals surface area contributed by atoms with E-state index in [1.807, 2.05) is 36.4 Å². The third-order valence-corrected chi connectivity index (χ3v) is 3.11. The fourth-order valence-electron chi connectivity index (χ4n) is 1.76. The maximum absolute atomic E-state index is 5.84. The van der Waals surface area contributed by atoms with Gasteiger partial charge in [-0.3, -0.25) is 0 Å². The maximum Gasteiger partial charge on any atom is 0.122 e. The molecule has 0 N–H and O–H groups in total. The molecule has 18 heavy (non-hydrogen) atoms. The first kappa shape index (κ1) is 12.5. The largest absolute Gasteiger partial charge is 0.497 e. The van der Waals surface area contributed by atoms with Gasteiger partial charge in [0.05, 0.1) is 7.11 Å². The number of hydrogen-bond acceptors (Lipinski definition) is 2. The zero-order valence-corrected chi connectivity index (χ0v) is 11.1. The molecule has 0 saturated carbocycles. The van der Waals surface area contributed by atoms with Crippen LogP contribution in [0.1, 0.15) is 16.7 Å². The summed E-state index contributed by atoms with van der Waals surface area (Å²) in [5, 5.41) is 0. The molecule has 2 heteroatoms. The lowest BCUT2D eigenvalue weighted by Crippen LogP contribution is -1.98. The van der Waals surface area contributed by atoms with Crippen molar-refractivity contribution in [1.29, 1.82) is 0 Å². The summed E-state index contributed by atoms with van der Waals surface area (Å²) in [5.41, 5.74) is 3.59. The summed E-state index contributed by atoms with van der Waals surface area (Å²) in [5.74, 6) is 1.82. The van der Waals surface area contributed by atoms with Crippen molar-refractivity contribution in [2.24, 2.45) is 0 Å². The molecule has 0 aliphatic rings. The number of aryl methyl sites for hydroxylation is 1. The normalized spacial score (nSPS) is 10.2. The summed E-state index contributed by atoms with van der Waals surface area (Å²) in [6.45, 7) is 4.75. The topological polar surface area (TPSA) is 18.5 Å². The molecule has 2 nitrogen and oxygen atoms in total. The molecule has 0 fully saturated rings. The smallest absolute Gasteiger partial charge is 0.122 e. The van der Waals surface area contributed by atoms with E-state index >= 15 is 0 Å². The van der Waals surface area contributed by atoms with Crippen LogP contribution < -0.4 is 9.47 Å². The molecular weight excluding hydrogens is 224 g/mol. The Morgan fingerprint density at radius 2 is 1.67 bits per heavy atom. The van der Waals surface area contributed by atoms with E-state index in [4.69, 9.17) is 9.47 Å². The summed E-state index contributed by atoms with van der Waals surface area (Å²) in [6.07, 6.45) is 0. The van der Waals surface area contributed by atoms with Crippen molar-refractivity contribution >= 4 is 0 Å². The van der Waals surface area contributed by atoms with Crippen LogP contribution in [0.3, 0.4) is 0 Å². The van der Waals surface area contributed by atoms with Crippen molar-refractivity contribution in [2.75, 3.05) is 7.11 Å². The standard InChI is InChI=1S/C16H18O2/c1-12-5-4-6-16(13(12)2)18-11-14-7-9-15(17-3)10-8-14/h4-10H,11H2,1-3H3. The molecule has 2 rings (SSSR count). The van der Waals surface area contributed by atoms with Gasteiger partial charge in [-0.25, -0.2) is 0 Å². The van der Waals surface area contributed by atoms with Gasteiger partial charge in [0.25, 0.3) is 0 Å². The molecule has 2 aromatic rings. The molecule has 0 spiro atoms. The van der Waals surface area contributed by atoms with Gasteiger partial charge in [0.1, 0.15) is 18.1 Å². The van der Waals surface area contributed by atoms with E-state index in [-0.39, 0.29) is 0 Å². The monoisotopic (exact) mass is 242 g/mol. The summed E-state index contributed by atoms with van der Waals surface area (Å²) in [6, 6.07) is 14.0. The lowest BCUT2D eigenvalue weighted by molar-refractivity contribution is 0.303. The molecule has 0 aliphatic carbocycles. The van der Waals surface area contributed by atoms with Crippen molar-refractivity contribution < 1.29 is 9.47 Å². The molecule has 0 aliphatic heterocycles. The molecule has 0 bridgehead atoms. The first-order valence-corrected chi connectivity index (χ1v) is 6.02. The predicted octanol–water partition coefficient (Wildman–Crippen LogP) is 3.89. The lowest BCUT2D eigenvalue weighted by Gasteiger charge is -2.11. The lowest BCUT2D eigenvalue weighted by atomic mass is 10.1. The number of ether oxygens (including phenoxy) is 2. The first-order chi connectivity index (χ1) is 8.70. The van der Waals surface area contributed by atoms with Crippen LogP contribution in [0, 0.1) is 13.8 Å². The molecule has 0 heterocycles. The molecule has 94 valence electrons. The molecule has 0 saturated heterocycles. The van der Waals surface area contributed by atoms with E-state index < -0.39 is 0 Å². The van der Waals surface area contributed by atoms with Crippen LogP contribution in [0.5, 0.6) is 11.5 Å². The third kappa shape index (κ3) is 2.83. The maximum atomic E-state index is 5.84. The Hall–Kier alpha value is -1.96. The minimum atomic E-state index is 0.578. The van der Waals surface area contributed by atoms with Gasteiger partial charge in [-0.05, 0) is 48.7 Å². The Labute approximate surface area is 108 Å². The SMILES string of the molecule is COc1ccc(COc2cccc(C)c2C)cc1. The van der Waals surface area contributed by atoms with E-state index in [0.29, 0.717) is 6.61 Å². The van der Waals surface area contributed by atoms with Crippen LogP contribution in [0.2, 0.25) is 0 Å². The molecule has 0 atom stereocenters. The Balaban J connectivity index is 2.04. The fraction of sp³-hybridized carbons (Fsp3) is 0.250. The van der Waals surface area contributed by atoms with Crippen molar-refractivity contribution in [3.8, 4) is 11.5 Å².